The zero-order chi connectivity index (χ0) is 29.1. The SMILES string of the molecule is C[C@@H]1CO[C@H](O[C@@H]2[C@@H](O)[C@H](O[C@@H]3CCC=C(CNCC4(CN)CC4)O3)[C@@H](N)C[C@H]2NC(=O)C(O)C2CNC2)[C@H](O)C1. The molecule has 2 aliphatic carbocycles. The first kappa shape index (κ1) is 31.0. The van der Waals surface area contributed by atoms with Crippen LogP contribution < -0.4 is 27.4 Å². The number of aliphatic hydroxyl groups is 3. The first-order valence-electron chi connectivity index (χ1n) is 15.2. The van der Waals surface area contributed by atoms with Gasteiger partial charge in [-0.2, -0.15) is 0 Å². The summed E-state index contributed by atoms with van der Waals surface area (Å²) in [5, 5.41) is 41.9. The summed E-state index contributed by atoms with van der Waals surface area (Å²) >= 11 is 0. The number of carbonyl (C=O) groups is 1. The van der Waals surface area contributed by atoms with Gasteiger partial charge in [-0.25, -0.2) is 0 Å². The molecule has 2 saturated carbocycles. The molecular weight excluding hydrogens is 534 g/mol. The van der Waals surface area contributed by atoms with E-state index in [9.17, 15) is 20.1 Å². The average Bonchev–Trinajstić information content (AvgIpc) is 3.69. The fourth-order valence-corrected chi connectivity index (χ4v) is 6.12. The number of rotatable bonds is 12. The van der Waals surface area contributed by atoms with E-state index < -0.39 is 61.1 Å². The van der Waals surface area contributed by atoms with E-state index in [1.165, 1.54) is 0 Å². The molecule has 2 saturated heterocycles. The molecule has 234 valence electrons. The highest BCUT2D eigenvalue weighted by atomic mass is 16.7. The molecule has 0 aromatic carbocycles. The van der Waals surface area contributed by atoms with Gasteiger partial charge in [0, 0.05) is 38.0 Å². The van der Waals surface area contributed by atoms with Gasteiger partial charge in [-0.3, -0.25) is 4.79 Å². The summed E-state index contributed by atoms with van der Waals surface area (Å²) < 4.78 is 24.3. The monoisotopic (exact) mass is 583 g/mol. The molecular formula is C28H49N5O8. The van der Waals surface area contributed by atoms with Crippen LogP contribution in [0, 0.1) is 17.3 Å². The summed E-state index contributed by atoms with van der Waals surface area (Å²) in [5.74, 6) is 0.215. The molecule has 0 aromatic heterocycles. The van der Waals surface area contributed by atoms with Crippen LogP contribution >= 0.6 is 0 Å². The largest absolute Gasteiger partial charge is 0.468 e. The van der Waals surface area contributed by atoms with Crippen molar-refractivity contribution in [2.75, 3.05) is 39.3 Å². The van der Waals surface area contributed by atoms with Crippen LogP contribution in [-0.4, -0.2) is 116 Å². The van der Waals surface area contributed by atoms with Gasteiger partial charge in [0.1, 0.15) is 36.3 Å². The van der Waals surface area contributed by atoms with Crippen LogP contribution in [0.1, 0.15) is 45.4 Å². The summed E-state index contributed by atoms with van der Waals surface area (Å²) in [5.41, 5.74) is 12.6. The number of ether oxygens (including phenoxy) is 4. The molecule has 0 spiro atoms. The van der Waals surface area contributed by atoms with Crippen molar-refractivity contribution in [3.05, 3.63) is 11.8 Å². The quantitative estimate of drug-likeness (QED) is 0.126. The van der Waals surface area contributed by atoms with Crippen molar-refractivity contribution in [1.29, 1.82) is 0 Å². The Morgan fingerprint density at radius 2 is 2.02 bits per heavy atom. The summed E-state index contributed by atoms with van der Waals surface area (Å²) in [7, 11) is 0. The molecule has 13 heteroatoms. The summed E-state index contributed by atoms with van der Waals surface area (Å²) in [6.07, 6.45) is -0.360. The molecule has 13 nitrogen and oxygen atoms in total. The van der Waals surface area contributed by atoms with E-state index in [4.69, 9.17) is 30.4 Å². The van der Waals surface area contributed by atoms with E-state index in [1.54, 1.807) is 0 Å². The Labute approximate surface area is 241 Å². The predicted octanol–water partition coefficient (Wildman–Crippen LogP) is -1.99. The van der Waals surface area contributed by atoms with E-state index in [0.717, 1.165) is 31.6 Å². The number of carbonyl (C=O) groups excluding carboxylic acids is 1. The van der Waals surface area contributed by atoms with Crippen molar-refractivity contribution in [2.24, 2.45) is 28.7 Å². The molecule has 5 aliphatic rings. The average molecular weight is 584 g/mol. The second-order valence-electron chi connectivity index (χ2n) is 12.8. The molecule has 1 unspecified atom stereocenters. The summed E-state index contributed by atoms with van der Waals surface area (Å²) in [4.78, 5) is 12.9. The first-order chi connectivity index (χ1) is 19.7. The van der Waals surface area contributed by atoms with Crippen LogP contribution in [0.2, 0.25) is 0 Å². The Bertz CT molecular complexity index is 918. The van der Waals surface area contributed by atoms with Gasteiger partial charge in [0.25, 0.3) is 0 Å². The molecule has 41 heavy (non-hydrogen) atoms. The van der Waals surface area contributed by atoms with Crippen molar-refractivity contribution in [2.45, 2.75) is 101 Å². The van der Waals surface area contributed by atoms with Crippen LogP contribution in [0.3, 0.4) is 0 Å². The van der Waals surface area contributed by atoms with Crippen LogP contribution in [0.25, 0.3) is 0 Å². The molecule has 4 fully saturated rings. The lowest BCUT2D eigenvalue weighted by atomic mass is 9.83. The van der Waals surface area contributed by atoms with Gasteiger partial charge in [0.2, 0.25) is 5.91 Å². The smallest absolute Gasteiger partial charge is 0.249 e. The number of amides is 1. The Morgan fingerprint density at radius 3 is 2.68 bits per heavy atom. The van der Waals surface area contributed by atoms with E-state index in [2.05, 4.69) is 16.0 Å². The maximum atomic E-state index is 12.9. The molecule has 0 bridgehead atoms. The van der Waals surface area contributed by atoms with E-state index in [0.29, 0.717) is 45.6 Å². The van der Waals surface area contributed by atoms with Gasteiger partial charge in [-0.05, 0) is 56.1 Å². The molecule has 0 radical (unpaired) electrons. The van der Waals surface area contributed by atoms with Crippen LogP contribution in [-0.2, 0) is 23.7 Å². The Hall–Kier alpha value is -1.39. The summed E-state index contributed by atoms with van der Waals surface area (Å²) in [6.45, 7) is 5.56. The Morgan fingerprint density at radius 1 is 1.24 bits per heavy atom. The van der Waals surface area contributed by atoms with Gasteiger partial charge >= 0.3 is 0 Å². The maximum Gasteiger partial charge on any atom is 0.249 e. The second kappa shape index (κ2) is 13.5. The van der Waals surface area contributed by atoms with Crippen molar-refractivity contribution >= 4 is 5.91 Å². The first-order valence-corrected chi connectivity index (χ1v) is 15.2. The highest BCUT2D eigenvalue weighted by Crippen LogP contribution is 2.43. The molecule has 0 aromatic rings. The van der Waals surface area contributed by atoms with Gasteiger partial charge in [0.05, 0.1) is 19.2 Å². The third-order valence-electron chi connectivity index (χ3n) is 9.22. The normalized spacial score (nSPS) is 39.7. The fraction of sp³-hybridized carbons (Fsp3) is 0.893. The lowest BCUT2D eigenvalue weighted by molar-refractivity contribution is -0.282. The highest BCUT2D eigenvalue weighted by Gasteiger charge is 2.49. The van der Waals surface area contributed by atoms with E-state index in [-0.39, 0.29) is 23.7 Å². The number of hydrogen-bond acceptors (Lipinski definition) is 12. The Balaban J connectivity index is 1.21. The van der Waals surface area contributed by atoms with Gasteiger partial charge in [-0.15, -0.1) is 0 Å². The number of hydrogen-bond donors (Lipinski definition) is 8. The number of allylic oxidation sites excluding steroid dienone is 1. The zero-order valence-electron chi connectivity index (χ0n) is 24.0. The maximum absolute atomic E-state index is 12.9. The molecule has 1 amide bonds. The summed E-state index contributed by atoms with van der Waals surface area (Å²) in [6, 6.07) is -1.38. The van der Waals surface area contributed by atoms with Gasteiger partial charge < -0.3 is 61.7 Å². The van der Waals surface area contributed by atoms with Crippen LogP contribution in [0.15, 0.2) is 11.8 Å². The van der Waals surface area contributed by atoms with E-state index in [1.807, 2.05) is 13.0 Å². The lowest BCUT2D eigenvalue weighted by Crippen LogP contribution is -2.67. The van der Waals surface area contributed by atoms with Gasteiger partial charge in [-0.1, -0.05) is 6.92 Å². The lowest BCUT2D eigenvalue weighted by Gasteiger charge is -2.46. The number of aliphatic hydroxyl groups excluding tert-OH is 3. The third kappa shape index (κ3) is 7.58. The third-order valence-corrected chi connectivity index (χ3v) is 9.22. The van der Waals surface area contributed by atoms with Crippen LogP contribution in [0.4, 0.5) is 0 Å². The number of nitrogens with one attached hydrogen (secondary N) is 3. The minimum absolute atomic E-state index is 0.165. The minimum Gasteiger partial charge on any atom is -0.468 e. The van der Waals surface area contributed by atoms with Crippen molar-refractivity contribution in [3.8, 4) is 0 Å². The standard InChI is InChI=1S/C28H49N5O8/c1-15-7-20(34)27(38-12-15)41-25-19(33-26(37)22(35)16-9-31-10-16)8-18(30)24(23(25)36)40-21-4-2-3-17(39-21)11-32-14-28(13-29)5-6-28/h3,15-16,18-25,27,31-32,34-36H,2,4-14,29-30H2,1H3,(H,33,37)/t15-,18-,19+,20+,21+,22?,23-,24+,25-,27+/m0/s1. The van der Waals surface area contributed by atoms with Crippen molar-refractivity contribution in [3.63, 3.8) is 0 Å². The highest BCUT2D eigenvalue weighted by molar-refractivity contribution is 5.81. The molecule has 10 N–H and O–H groups in total. The fourth-order valence-electron chi connectivity index (χ4n) is 6.12. The van der Waals surface area contributed by atoms with Crippen molar-refractivity contribution < 1.29 is 39.1 Å². The molecule has 3 heterocycles. The molecule has 5 rings (SSSR count). The number of nitrogens with two attached hydrogens (primary N) is 2. The predicted molar refractivity (Wildman–Crippen MR) is 148 cm³/mol. The minimum atomic E-state index is -1.25. The topological polar surface area (TPSA) is 203 Å². The molecule has 10 atom stereocenters. The molecule has 3 aliphatic heterocycles. The van der Waals surface area contributed by atoms with Crippen LogP contribution in [0.5, 0.6) is 0 Å². The second-order valence-corrected chi connectivity index (χ2v) is 12.8. The van der Waals surface area contributed by atoms with Crippen molar-refractivity contribution in [1.82, 2.24) is 16.0 Å². The van der Waals surface area contributed by atoms with E-state index >= 15 is 0 Å². The zero-order valence-corrected chi connectivity index (χ0v) is 24.0. The van der Waals surface area contributed by atoms with Gasteiger partial charge in [0.15, 0.2) is 12.6 Å². The Kier molecular flexibility index (Phi) is 10.2.